The van der Waals surface area contributed by atoms with E-state index in [0.29, 0.717) is 13.1 Å². The third kappa shape index (κ3) is 2.34. The van der Waals surface area contributed by atoms with Crippen LogP contribution < -0.4 is 4.90 Å². The molecule has 0 atom stereocenters. The Morgan fingerprint density at radius 2 is 1.90 bits per heavy atom. The minimum absolute atomic E-state index is 0.111. The molecule has 6 heteroatoms. The average molecular weight is 284 g/mol. The number of nitrogens with zero attached hydrogens (tertiary/aromatic N) is 4. The van der Waals surface area contributed by atoms with Crippen LogP contribution in [0.5, 0.6) is 0 Å². The van der Waals surface area contributed by atoms with Crippen molar-refractivity contribution >= 4 is 17.2 Å². The average Bonchev–Trinajstić information content (AvgIpc) is 2.87. The molecule has 6 nitrogen and oxygen atoms in total. The first-order valence-electron chi connectivity index (χ1n) is 6.70. The molecule has 3 rings (SSSR count). The summed E-state index contributed by atoms with van der Waals surface area (Å²) in [6.07, 6.45) is 1.37. The van der Waals surface area contributed by atoms with Crippen molar-refractivity contribution in [1.29, 1.82) is 0 Å². The second-order valence-electron chi connectivity index (χ2n) is 5.25. The van der Waals surface area contributed by atoms with Gasteiger partial charge < -0.3 is 4.90 Å². The van der Waals surface area contributed by atoms with Crippen LogP contribution in [0, 0.1) is 10.1 Å². The van der Waals surface area contributed by atoms with Gasteiger partial charge >= 0.3 is 0 Å². The molecule has 1 aliphatic rings. The zero-order valence-electron chi connectivity index (χ0n) is 12.0. The van der Waals surface area contributed by atoms with Crippen LogP contribution in [0.25, 0.3) is 0 Å². The number of rotatable bonds is 3. The Balaban J connectivity index is 2.09. The first-order chi connectivity index (χ1) is 10.1. The predicted octanol–water partition coefficient (Wildman–Crippen LogP) is 2.70. The molecule has 2 aromatic rings. The highest BCUT2D eigenvalue weighted by molar-refractivity contribution is 5.66. The van der Waals surface area contributed by atoms with E-state index in [2.05, 4.69) is 9.88 Å². The molecule has 1 aromatic heterocycles. The second-order valence-corrected chi connectivity index (χ2v) is 5.25. The lowest BCUT2D eigenvalue weighted by Gasteiger charge is -2.21. The van der Waals surface area contributed by atoms with Gasteiger partial charge in [0.1, 0.15) is 12.0 Å². The molecule has 2 heterocycles. The van der Waals surface area contributed by atoms with Crippen molar-refractivity contribution in [2.24, 2.45) is 0 Å². The minimum Gasteiger partial charge on any atom is -0.329 e. The van der Waals surface area contributed by atoms with Gasteiger partial charge in [0.2, 0.25) is 0 Å². The number of para-hydroxylation sites is 1. The summed E-state index contributed by atoms with van der Waals surface area (Å²) in [4.78, 5) is 19.2. The van der Waals surface area contributed by atoms with Crippen LogP contribution in [0.2, 0.25) is 0 Å². The zero-order chi connectivity index (χ0) is 15.0. The van der Waals surface area contributed by atoms with Gasteiger partial charge in [-0.25, -0.2) is 4.98 Å². The van der Waals surface area contributed by atoms with Gasteiger partial charge in [0.05, 0.1) is 10.5 Å². The number of anilines is 2. The van der Waals surface area contributed by atoms with E-state index in [9.17, 15) is 10.1 Å². The Morgan fingerprint density at radius 1 is 1.24 bits per heavy atom. The van der Waals surface area contributed by atoms with Crippen molar-refractivity contribution in [3.63, 3.8) is 0 Å². The molecule has 1 aliphatic heterocycles. The zero-order valence-corrected chi connectivity index (χ0v) is 12.0. The SMILES string of the molecule is CN1Cc2c([N+](=O)[O-])cnc(N(C)c3ccccc3)c2C1. The number of aromatic nitrogens is 1. The van der Waals surface area contributed by atoms with Crippen molar-refractivity contribution in [3.05, 3.63) is 57.8 Å². The molecule has 0 bridgehead atoms. The molecule has 0 aliphatic carbocycles. The molecule has 1 aromatic carbocycles. The molecule has 0 fully saturated rings. The van der Waals surface area contributed by atoms with Gasteiger partial charge in [-0.05, 0) is 19.2 Å². The van der Waals surface area contributed by atoms with Crippen molar-refractivity contribution in [2.75, 3.05) is 19.0 Å². The number of benzene rings is 1. The lowest BCUT2D eigenvalue weighted by molar-refractivity contribution is -0.385. The van der Waals surface area contributed by atoms with E-state index in [-0.39, 0.29) is 10.6 Å². The Morgan fingerprint density at radius 3 is 2.57 bits per heavy atom. The monoisotopic (exact) mass is 284 g/mol. The molecule has 21 heavy (non-hydrogen) atoms. The topological polar surface area (TPSA) is 62.5 Å². The summed E-state index contributed by atoms with van der Waals surface area (Å²) in [5.74, 6) is 0.783. The highest BCUT2D eigenvalue weighted by atomic mass is 16.6. The van der Waals surface area contributed by atoms with E-state index < -0.39 is 0 Å². The van der Waals surface area contributed by atoms with E-state index in [0.717, 1.165) is 22.6 Å². The van der Waals surface area contributed by atoms with Crippen LogP contribution in [0.4, 0.5) is 17.2 Å². The van der Waals surface area contributed by atoms with E-state index in [4.69, 9.17) is 0 Å². The normalized spacial score (nSPS) is 14.0. The van der Waals surface area contributed by atoms with Crippen molar-refractivity contribution in [1.82, 2.24) is 9.88 Å². The number of pyridine rings is 1. The third-order valence-corrected chi connectivity index (χ3v) is 3.77. The molecule has 0 saturated carbocycles. The highest BCUT2D eigenvalue weighted by Gasteiger charge is 2.29. The maximum atomic E-state index is 11.2. The van der Waals surface area contributed by atoms with E-state index in [1.807, 2.05) is 49.3 Å². The molecule has 0 saturated heterocycles. The van der Waals surface area contributed by atoms with Gasteiger partial charge in [0.25, 0.3) is 5.69 Å². The number of nitro groups is 1. The van der Waals surface area contributed by atoms with Crippen LogP contribution in [0.1, 0.15) is 11.1 Å². The van der Waals surface area contributed by atoms with E-state index >= 15 is 0 Å². The Bertz CT molecular complexity index is 688. The summed E-state index contributed by atoms with van der Waals surface area (Å²) in [5.41, 5.74) is 2.84. The Labute approximate surface area is 122 Å². The van der Waals surface area contributed by atoms with Gasteiger partial charge in [0.15, 0.2) is 0 Å². The molecular formula is C15H16N4O2. The largest absolute Gasteiger partial charge is 0.329 e. The number of fused-ring (bicyclic) bond motifs is 1. The molecule has 0 amide bonds. The van der Waals surface area contributed by atoms with Crippen molar-refractivity contribution in [3.8, 4) is 0 Å². The Hall–Kier alpha value is -2.47. The first kappa shape index (κ1) is 13.5. The summed E-state index contributed by atoms with van der Waals surface area (Å²) >= 11 is 0. The highest BCUT2D eigenvalue weighted by Crippen LogP contribution is 2.36. The van der Waals surface area contributed by atoms with Crippen LogP contribution in [-0.4, -0.2) is 28.9 Å². The van der Waals surface area contributed by atoms with Crippen LogP contribution in [0.15, 0.2) is 36.5 Å². The van der Waals surface area contributed by atoms with Gasteiger partial charge in [-0.2, -0.15) is 0 Å². The van der Waals surface area contributed by atoms with E-state index in [1.165, 1.54) is 6.20 Å². The molecule has 0 N–H and O–H groups in total. The Kier molecular flexibility index (Phi) is 3.31. The molecule has 0 unspecified atom stereocenters. The van der Waals surface area contributed by atoms with E-state index in [1.54, 1.807) is 0 Å². The quantitative estimate of drug-likeness (QED) is 0.640. The standard InChI is InChI=1S/C15H16N4O2/c1-17-9-12-13(10-17)15(16-8-14(12)19(20)21)18(2)11-6-4-3-5-7-11/h3-8H,9-10H2,1-2H3. The lowest BCUT2D eigenvalue weighted by Crippen LogP contribution is -2.14. The summed E-state index contributed by atoms with van der Waals surface area (Å²) in [5, 5.41) is 11.2. The molecule has 0 radical (unpaired) electrons. The fourth-order valence-electron chi connectivity index (χ4n) is 2.73. The van der Waals surface area contributed by atoms with Gasteiger partial charge in [0, 0.05) is 31.4 Å². The fourth-order valence-corrected chi connectivity index (χ4v) is 2.73. The minimum atomic E-state index is -0.350. The van der Waals surface area contributed by atoms with Crippen molar-refractivity contribution < 1.29 is 4.92 Å². The smallest absolute Gasteiger partial charge is 0.292 e. The third-order valence-electron chi connectivity index (χ3n) is 3.77. The predicted molar refractivity (Wildman–Crippen MR) is 80.6 cm³/mol. The maximum Gasteiger partial charge on any atom is 0.292 e. The maximum absolute atomic E-state index is 11.2. The first-order valence-corrected chi connectivity index (χ1v) is 6.70. The molecular weight excluding hydrogens is 268 g/mol. The summed E-state index contributed by atoms with van der Waals surface area (Å²) in [6.45, 7) is 1.26. The van der Waals surface area contributed by atoms with Gasteiger partial charge in [-0.15, -0.1) is 0 Å². The van der Waals surface area contributed by atoms with Gasteiger partial charge in [-0.3, -0.25) is 15.0 Å². The second kappa shape index (κ2) is 5.14. The van der Waals surface area contributed by atoms with Crippen molar-refractivity contribution in [2.45, 2.75) is 13.1 Å². The van der Waals surface area contributed by atoms with Gasteiger partial charge in [-0.1, -0.05) is 18.2 Å². The fraction of sp³-hybridized carbons (Fsp3) is 0.267. The van der Waals surface area contributed by atoms with Crippen LogP contribution in [0.3, 0.4) is 0 Å². The number of hydrogen-bond acceptors (Lipinski definition) is 5. The molecule has 108 valence electrons. The summed E-state index contributed by atoms with van der Waals surface area (Å²) < 4.78 is 0. The number of hydrogen-bond donors (Lipinski definition) is 0. The van der Waals surface area contributed by atoms with Crippen LogP contribution >= 0.6 is 0 Å². The summed E-state index contributed by atoms with van der Waals surface area (Å²) in [7, 11) is 3.89. The molecule has 0 spiro atoms. The summed E-state index contributed by atoms with van der Waals surface area (Å²) in [6, 6.07) is 9.87. The van der Waals surface area contributed by atoms with Crippen LogP contribution in [-0.2, 0) is 13.1 Å². The lowest BCUT2D eigenvalue weighted by atomic mass is 10.1.